The van der Waals surface area contributed by atoms with Gasteiger partial charge in [0.15, 0.2) is 5.96 Å². The first-order chi connectivity index (χ1) is 10.7. The molecule has 0 atom stereocenters. The van der Waals surface area contributed by atoms with Gasteiger partial charge >= 0.3 is 0 Å². The van der Waals surface area contributed by atoms with Gasteiger partial charge in [-0.1, -0.05) is 12.1 Å². The number of aromatic nitrogens is 2. The van der Waals surface area contributed by atoms with Crippen LogP contribution in [-0.4, -0.2) is 28.8 Å². The van der Waals surface area contributed by atoms with Crippen molar-refractivity contribution < 1.29 is 4.39 Å². The molecule has 1 heterocycles. The fourth-order valence-electron chi connectivity index (χ4n) is 2.04. The molecule has 2 rings (SSSR count). The molecule has 126 valence electrons. The Hall–Kier alpha value is -1.64. The van der Waals surface area contributed by atoms with E-state index in [1.807, 2.05) is 29.9 Å². The Labute approximate surface area is 153 Å². The summed E-state index contributed by atoms with van der Waals surface area (Å²) in [7, 11) is 0. The van der Waals surface area contributed by atoms with Gasteiger partial charge in [-0.15, -0.1) is 24.0 Å². The average molecular weight is 431 g/mol. The lowest BCUT2D eigenvalue weighted by atomic mass is 10.1. The van der Waals surface area contributed by atoms with E-state index in [1.165, 1.54) is 6.07 Å². The van der Waals surface area contributed by atoms with E-state index in [-0.39, 0.29) is 29.8 Å². The van der Waals surface area contributed by atoms with Crippen molar-refractivity contribution in [3.05, 3.63) is 53.6 Å². The van der Waals surface area contributed by atoms with Crippen LogP contribution in [0.2, 0.25) is 0 Å². The van der Waals surface area contributed by atoms with Gasteiger partial charge in [0.25, 0.3) is 0 Å². The molecule has 1 aromatic carbocycles. The summed E-state index contributed by atoms with van der Waals surface area (Å²) in [6, 6.07) is 6.97. The van der Waals surface area contributed by atoms with Crippen molar-refractivity contribution in [3.8, 4) is 0 Å². The summed E-state index contributed by atoms with van der Waals surface area (Å²) in [5.74, 6) is 0.564. The standard InChI is InChI=1S/C16H22FN5.HI/c1-3-18-16(19-8-10-22-9-4-7-21-22)20-12-14-5-6-15(17)13(2)11-14;/h4-7,9,11H,3,8,10,12H2,1-2H3,(H2,18,19,20);1H. The lowest BCUT2D eigenvalue weighted by molar-refractivity contribution is 0.598. The molecule has 0 amide bonds. The quantitative estimate of drug-likeness (QED) is 0.420. The van der Waals surface area contributed by atoms with Gasteiger partial charge in [0.2, 0.25) is 0 Å². The van der Waals surface area contributed by atoms with Gasteiger partial charge in [0.05, 0.1) is 13.1 Å². The Balaban J connectivity index is 0.00000264. The summed E-state index contributed by atoms with van der Waals surface area (Å²) < 4.78 is 15.1. The van der Waals surface area contributed by atoms with Crippen LogP contribution in [0, 0.1) is 12.7 Å². The van der Waals surface area contributed by atoms with Crippen molar-refractivity contribution in [1.82, 2.24) is 20.4 Å². The van der Waals surface area contributed by atoms with E-state index in [9.17, 15) is 4.39 Å². The molecule has 0 saturated heterocycles. The second-order valence-electron chi connectivity index (χ2n) is 4.97. The highest BCUT2D eigenvalue weighted by atomic mass is 127. The first-order valence-electron chi connectivity index (χ1n) is 7.43. The molecule has 7 heteroatoms. The molecule has 5 nitrogen and oxygen atoms in total. The molecule has 2 N–H and O–H groups in total. The molecule has 1 aromatic heterocycles. The van der Waals surface area contributed by atoms with Crippen molar-refractivity contribution in [3.63, 3.8) is 0 Å². The zero-order valence-electron chi connectivity index (χ0n) is 13.4. The smallest absolute Gasteiger partial charge is 0.191 e. The Bertz CT molecular complexity index is 613. The first kappa shape index (κ1) is 19.4. The van der Waals surface area contributed by atoms with Crippen LogP contribution >= 0.6 is 24.0 Å². The molecule has 2 aromatic rings. The topological polar surface area (TPSA) is 54.2 Å². The highest BCUT2D eigenvalue weighted by Gasteiger charge is 2.00. The molecular formula is C16H23FIN5. The molecular weight excluding hydrogens is 408 g/mol. The first-order valence-corrected chi connectivity index (χ1v) is 7.43. The van der Waals surface area contributed by atoms with Gasteiger partial charge in [-0.3, -0.25) is 4.68 Å². The Morgan fingerprint density at radius 2 is 2.17 bits per heavy atom. The minimum absolute atomic E-state index is 0. The maximum absolute atomic E-state index is 13.3. The van der Waals surface area contributed by atoms with E-state index in [2.05, 4.69) is 20.7 Å². The van der Waals surface area contributed by atoms with Gasteiger partial charge in [-0.05, 0) is 37.1 Å². The molecule has 0 bridgehead atoms. The fourth-order valence-corrected chi connectivity index (χ4v) is 2.04. The number of rotatable bonds is 6. The van der Waals surface area contributed by atoms with Gasteiger partial charge in [-0.25, -0.2) is 9.38 Å². The van der Waals surface area contributed by atoms with Crippen LogP contribution in [0.15, 0.2) is 41.7 Å². The van der Waals surface area contributed by atoms with Crippen LogP contribution in [0.25, 0.3) is 0 Å². The van der Waals surface area contributed by atoms with Crippen molar-refractivity contribution >= 4 is 29.9 Å². The highest BCUT2D eigenvalue weighted by molar-refractivity contribution is 14.0. The van der Waals surface area contributed by atoms with Crippen molar-refractivity contribution in [2.45, 2.75) is 26.9 Å². The summed E-state index contributed by atoms with van der Waals surface area (Å²) in [6.45, 7) is 6.58. The maximum atomic E-state index is 13.3. The maximum Gasteiger partial charge on any atom is 0.191 e. The normalized spacial score (nSPS) is 11.0. The predicted molar refractivity (Wildman–Crippen MR) is 102 cm³/mol. The minimum Gasteiger partial charge on any atom is -0.357 e. The van der Waals surface area contributed by atoms with Crippen LogP contribution in [0.1, 0.15) is 18.1 Å². The van der Waals surface area contributed by atoms with Crippen LogP contribution < -0.4 is 10.6 Å². The molecule has 0 aliphatic carbocycles. The van der Waals surface area contributed by atoms with Crippen molar-refractivity contribution in [1.29, 1.82) is 0 Å². The van der Waals surface area contributed by atoms with Crippen LogP contribution in [-0.2, 0) is 13.1 Å². The van der Waals surface area contributed by atoms with Gasteiger partial charge in [0, 0.05) is 25.5 Å². The van der Waals surface area contributed by atoms with E-state index < -0.39 is 0 Å². The number of nitrogens with zero attached hydrogens (tertiary/aromatic N) is 3. The largest absolute Gasteiger partial charge is 0.357 e. The van der Waals surface area contributed by atoms with E-state index in [0.717, 1.165) is 31.2 Å². The summed E-state index contributed by atoms with van der Waals surface area (Å²) in [4.78, 5) is 4.52. The molecule has 0 unspecified atom stereocenters. The predicted octanol–water partition coefficient (Wildman–Crippen LogP) is 2.70. The van der Waals surface area contributed by atoms with E-state index in [4.69, 9.17) is 0 Å². The fraction of sp³-hybridized carbons (Fsp3) is 0.375. The zero-order valence-corrected chi connectivity index (χ0v) is 15.8. The number of aryl methyl sites for hydroxylation is 1. The molecule has 0 spiro atoms. The van der Waals surface area contributed by atoms with E-state index in [1.54, 1.807) is 19.2 Å². The van der Waals surface area contributed by atoms with E-state index >= 15 is 0 Å². The number of aliphatic imine (C=N–C) groups is 1. The summed E-state index contributed by atoms with van der Waals surface area (Å²) >= 11 is 0. The number of hydrogen-bond donors (Lipinski definition) is 2. The lowest BCUT2D eigenvalue weighted by Gasteiger charge is -2.11. The van der Waals surface area contributed by atoms with Crippen LogP contribution in [0.4, 0.5) is 4.39 Å². The number of benzene rings is 1. The molecule has 0 radical (unpaired) electrons. The van der Waals surface area contributed by atoms with Crippen molar-refractivity contribution in [2.24, 2.45) is 4.99 Å². The Morgan fingerprint density at radius 3 is 2.83 bits per heavy atom. The van der Waals surface area contributed by atoms with Crippen LogP contribution in [0.5, 0.6) is 0 Å². The Morgan fingerprint density at radius 1 is 1.35 bits per heavy atom. The average Bonchev–Trinajstić information content (AvgIpc) is 3.01. The molecule has 23 heavy (non-hydrogen) atoms. The number of hydrogen-bond acceptors (Lipinski definition) is 2. The number of nitrogens with one attached hydrogen (secondary N) is 2. The van der Waals surface area contributed by atoms with Crippen molar-refractivity contribution in [2.75, 3.05) is 13.1 Å². The van der Waals surface area contributed by atoms with E-state index in [0.29, 0.717) is 12.1 Å². The summed E-state index contributed by atoms with van der Waals surface area (Å²) in [6.07, 6.45) is 3.68. The minimum atomic E-state index is -0.183. The van der Waals surface area contributed by atoms with Gasteiger partial charge in [0.1, 0.15) is 5.82 Å². The number of guanidine groups is 1. The zero-order chi connectivity index (χ0) is 15.8. The summed E-state index contributed by atoms with van der Waals surface area (Å²) in [5.41, 5.74) is 1.63. The third-order valence-electron chi connectivity index (χ3n) is 3.18. The molecule has 0 fully saturated rings. The summed E-state index contributed by atoms with van der Waals surface area (Å²) in [5, 5.41) is 10.6. The van der Waals surface area contributed by atoms with Gasteiger partial charge in [-0.2, -0.15) is 5.10 Å². The second kappa shape index (κ2) is 10.2. The number of halogens is 2. The third kappa shape index (κ3) is 6.55. The highest BCUT2D eigenvalue weighted by Crippen LogP contribution is 2.09. The van der Waals surface area contributed by atoms with Gasteiger partial charge < -0.3 is 10.6 Å². The lowest BCUT2D eigenvalue weighted by Crippen LogP contribution is -2.38. The molecule has 0 aliphatic rings. The van der Waals surface area contributed by atoms with Crippen LogP contribution in [0.3, 0.4) is 0 Å². The monoisotopic (exact) mass is 431 g/mol. The Kier molecular flexibility index (Phi) is 8.60. The third-order valence-corrected chi connectivity index (χ3v) is 3.18. The second-order valence-corrected chi connectivity index (χ2v) is 4.97. The molecule has 0 aliphatic heterocycles. The molecule has 0 saturated carbocycles. The SMILES string of the molecule is CCNC(=NCc1ccc(F)c(C)c1)NCCn1cccn1.I.